The zero-order valence-electron chi connectivity index (χ0n) is 10.9. The van der Waals surface area contributed by atoms with Gasteiger partial charge in [0.05, 0.1) is 0 Å². The summed E-state index contributed by atoms with van der Waals surface area (Å²) < 4.78 is 5.28. The van der Waals surface area contributed by atoms with Gasteiger partial charge in [0.25, 0.3) is 0 Å². The molecule has 0 aliphatic carbocycles. The third-order valence-electron chi connectivity index (χ3n) is 2.57. The fourth-order valence-electron chi connectivity index (χ4n) is 1.54. The number of carboxylic acids is 1. The van der Waals surface area contributed by atoms with Gasteiger partial charge in [-0.1, -0.05) is 12.1 Å². The number of nitrogens with two attached hydrogens (primary N) is 2. The third kappa shape index (κ3) is 3.45. The number of carboxylic acid groups (broad SMARTS) is 1. The Morgan fingerprint density at radius 3 is 2.29 bits per heavy atom. The lowest BCUT2D eigenvalue weighted by atomic mass is 10.1. The summed E-state index contributed by atoms with van der Waals surface area (Å²) in [5, 5.41) is 8.78. The van der Waals surface area contributed by atoms with Crippen LogP contribution in [0, 0.1) is 0 Å². The molecule has 0 spiro atoms. The Hall–Kier alpha value is -3.13. The number of carbonyl (C=O) groups is 1. The second kappa shape index (κ2) is 6.35. The number of nitrogens with zero attached hydrogens (tertiary/aromatic N) is 2. The summed E-state index contributed by atoms with van der Waals surface area (Å²) >= 11 is 0. The molecule has 108 valence electrons. The molecule has 21 heavy (non-hydrogen) atoms. The van der Waals surface area contributed by atoms with Gasteiger partial charge in [-0.25, -0.2) is 20.6 Å². The van der Waals surface area contributed by atoms with E-state index in [9.17, 15) is 4.79 Å². The molecule has 6 N–H and O–H groups in total. The Balaban J connectivity index is 2.20. The van der Waals surface area contributed by atoms with Gasteiger partial charge in [0, 0.05) is 18.0 Å². The molecule has 8 nitrogen and oxygen atoms in total. The van der Waals surface area contributed by atoms with Gasteiger partial charge in [-0.3, -0.25) is 5.43 Å². The summed E-state index contributed by atoms with van der Waals surface area (Å²) in [5.41, 5.74) is 8.67. The minimum atomic E-state index is -1.33. The van der Waals surface area contributed by atoms with E-state index in [-0.39, 0.29) is 5.88 Å². The van der Waals surface area contributed by atoms with E-state index in [0.717, 1.165) is 11.1 Å². The van der Waals surface area contributed by atoms with Gasteiger partial charge in [-0.05, 0) is 17.7 Å². The number of nitrogens with one attached hydrogen (secondary N) is 1. The molecule has 0 aliphatic rings. The van der Waals surface area contributed by atoms with E-state index in [0.29, 0.717) is 5.75 Å². The smallest absolute Gasteiger partial charge is 0.357 e. The largest absolute Gasteiger partial charge is 0.476 e. The van der Waals surface area contributed by atoms with E-state index in [1.807, 2.05) is 0 Å². The van der Waals surface area contributed by atoms with Crippen molar-refractivity contribution >= 4 is 5.97 Å². The van der Waals surface area contributed by atoms with Crippen molar-refractivity contribution in [2.75, 3.05) is 0 Å². The van der Waals surface area contributed by atoms with Crippen LogP contribution in [-0.2, 0) is 4.79 Å². The van der Waals surface area contributed by atoms with E-state index >= 15 is 0 Å². The molecular weight excluding hydrogens is 274 g/mol. The van der Waals surface area contributed by atoms with Crippen molar-refractivity contribution in [1.82, 2.24) is 15.4 Å². The molecule has 0 atom stereocenters. The van der Waals surface area contributed by atoms with Gasteiger partial charge in [0.2, 0.25) is 5.88 Å². The zero-order valence-corrected chi connectivity index (χ0v) is 10.9. The second-order valence-electron chi connectivity index (χ2n) is 3.95. The fourth-order valence-corrected chi connectivity index (χ4v) is 1.54. The van der Waals surface area contributed by atoms with Crippen LogP contribution in [0.2, 0.25) is 0 Å². The molecule has 0 saturated carbocycles. The van der Waals surface area contributed by atoms with Crippen LogP contribution < -0.4 is 21.7 Å². The van der Waals surface area contributed by atoms with Crippen LogP contribution in [0.1, 0.15) is 0 Å². The number of benzene rings is 1. The third-order valence-corrected chi connectivity index (χ3v) is 2.57. The van der Waals surface area contributed by atoms with Gasteiger partial charge >= 0.3 is 5.97 Å². The summed E-state index contributed by atoms with van der Waals surface area (Å²) in [7, 11) is 0. The fraction of sp³-hybridized carbons (Fsp3) is 0. The standard InChI is InChI=1S/C13H13N5O3/c14-11(13(19)20)12(18-15)21-10-3-1-8(2-4-10)9-5-16-7-17-6-9/h1-7,18H,14-15H2,(H,19,20)/b12-11+. The number of aliphatic carboxylic acids is 1. The molecule has 0 bridgehead atoms. The van der Waals surface area contributed by atoms with Crippen molar-refractivity contribution in [2.24, 2.45) is 11.6 Å². The predicted octanol–water partition coefficient (Wildman–Crippen LogP) is 0.198. The van der Waals surface area contributed by atoms with Gasteiger partial charge in [-0.15, -0.1) is 0 Å². The molecule has 1 aromatic carbocycles. The lowest BCUT2D eigenvalue weighted by Gasteiger charge is -2.11. The first-order chi connectivity index (χ1) is 10.1. The molecule has 1 heterocycles. The number of hydrogen-bond donors (Lipinski definition) is 4. The summed E-state index contributed by atoms with van der Waals surface area (Å²) in [4.78, 5) is 18.6. The Bertz CT molecular complexity index is 655. The average molecular weight is 287 g/mol. The van der Waals surface area contributed by atoms with Crippen LogP contribution in [-0.4, -0.2) is 21.0 Å². The second-order valence-corrected chi connectivity index (χ2v) is 3.95. The number of aromatic nitrogens is 2. The topological polar surface area (TPSA) is 136 Å². The van der Waals surface area contributed by atoms with Gasteiger partial charge in [0.15, 0.2) is 5.70 Å². The molecule has 1 aromatic heterocycles. The normalized spacial score (nSPS) is 11.5. The Morgan fingerprint density at radius 2 is 1.76 bits per heavy atom. The van der Waals surface area contributed by atoms with Crippen LogP contribution in [0.3, 0.4) is 0 Å². The van der Waals surface area contributed by atoms with Crippen LogP contribution in [0.4, 0.5) is 0 Å². The number of ether oxygens (including phenoxy) is 1. The summed E-state index contributed by atoms with van der Waals surface area (Å²) in [6, 6.07) is 6.85. The molecule has 8 heteroatoms. The average Bonchev–Trinajstić information content (AvgIpc) is 2.53. The van der Waals surface area contributed by atoms with Crippen molar-refractivity contribution in [3.63, 3.8) is 0 Å². The molecule has 0 aliphatic heterocycles. The maximum atomic E-state index is 10.8. The van der Waals surface area contributed by atoms with Crippen LogP contribution >= 0.6 is 0 Å². The number of hydrazine groups is 1. The van der Waals surface area contributed by atoms with Crippen LogP contribution in [0.5, 0.6) is 5.75 Å². The molecule has 0 amide bonds. The Morgan fingerprint density at radius 1 is 1.14 bits per heavy atom. The summed E-state index contributed by atoms with van der Waals surface area (Å²) in [5.74, 6) is 4.00. The summed E-state index contributed by atoms with van der Waals surface area (Å²) in [6.07, 6.45) is 4.80. The van der Waals surface area contributed by atoms with E-state index in [1.165, 1.54) is 6.33 Å². The molecule has 2 aromatic rings. The molecule has 0 unspecified atom stereocenters. The van der Waals surface area contributed by atoms with Gasteiger partial charge in [0.1, 0.15) is 12.1 Å². The maximum Gasteiger partial charge on any atom is 0.357 e. The number of rotatable bonds is 5. The van der Waals surface area contributed by atoms with Crippen molar-refractivity contribution in [2.45, 2.75) is 0 Å². The first-order valence-corrected chi connectivity index (χ1v) is 5.84. The van der Waals surface area contributed by atoms with Crippen molar-refractivity contribution in [3.8, 4) is 16.9 Å². The monoisotopic (exact) mass is 287 g/mol. The van der Waals surface area contributed by atoms with Crippen LogP contribution in [0.25, 0.3) is 11.1 Å². The predicted molar refractivity (Wildman–Crippen MR) is 74.3 cm³/mol. The SMILES string of the molecule is NN/C(Oc1ccc(-c2cncnc2)cc1)=C(\N)C(=O)O. The first-order valence-electron chi connectivity index (χ1n) is 5.84. The first kappa shape index (κ1) is 14.3. The maximum absolute atomic E-state index is 10.8. The molecule has 0 fully saturated rings. The Labute approximate surface area is 120 Å². The van der Waals surface area contributed by atoms with E-state index < -0.39 is 11.7 Å². The summed E-state index contributed by atoms with van der Waals surface area (Å²) in [6.45, 7) is 0. The van der Waals surface area contributed by atoms with Crippen molar-refractivity contribution < 1.29 is 14.6 Å². The van der Waals surface area contributed by atoms with Gasteiger partial charge in [-0.2, -0.15) is 0 Å². The molecule has 0 radical (unpaired) electrons. The van der Waals surface area contributed by atoms with Gasteiger partial charge < -0.3 is 15.6 Å². The highest BCUT2D eigenvalue weighted by Gasteiger charge is 2.12. The highest BCUT2D eigenvalue weighted by Crippen LogP contribution is 2.21. The lowest BCUT2D eigenvalue weighted by Crippen LogP contribution is -2.31. The molecular formula is C13H13N5O3. The highest BCUT2D eigenvalue weighted by atomic mass is 16.5. The quantitative estimate of drug-likeness (QED) is 0.265. The van der Waals surface area contributed by atoms with E-state index in [1.54, 1.807) is 36.7 Å². The molecule has 0 saturated heterocycles. The Kier molecular flexibility index (Phi) is 4.32. The molecule has 2 rings (SSSR count). The minimum absolute atomic E-state index is 0.238. The number of hydrogen-bond acceptors (Lipinski definition) is 7. The highest BCUT2D eigenvalue weighted by molar-refractivity contribution is 5.85. The zero-order chi connectivity index (χ0) is 15.2. The lowest BCUT2D eigenvalue weighted by molar-refractivity contribution is -0.132. The minimum Gasteiger partial charge on any atom is -0.476 e. The van der Waals surface area contributed by atoms with Crippen molar-refractivity contribution in [3.05, 3.63) is 54.6 Å². The van der Waals surface area contributed by atoms with E-state index in [4.69, 9.17) is 21.4 Å². The van der Waals surface area contributed by atoms with Crippen molar-refractivity contribution in [1.29, 1.82) is 0 Å². The van der Waals surface area contributed by atoms with E-state index in [2.05, 4.69) is 15.4 Å². The van der Waals surface area contributed by atoms with Crippen LogP contribution in [0.15, 0.2) is 54.6 Å².